The maximum Gasteiger partial charge on any atom is 0.328 e. The highest BCUT2D eigenvalue weighted by Gasteiger charge is 2.05. The number of benzene rings is 1. The molecule has 1 atom stereocenters. The molecule has 0 radical (unpaired) electrons. The first kappa shape index (κ1) is 13.0. The van der Waals surface area contributed by atoms with E-state index in [0.29, 0.717) is 6.42 Å². The van der Waals surface area contributed by atoms with Crippen LogP contribution in [0.1, 0.15) is 12.5 Å². The van der Waals surface area contributed by atoms with E-state index in [-0.39, 0.29) is 6.04 Å². The molecular formula is C13H15NO3. The first-order valence-corrected chi connectivity index (χ1v) is 5.33. The Hall–Kier alpha value is -2.10. The monoisotopic (exact) mass is 233 g/mol. The van der Waals surface area contributed by atoms with Crippen molar-refractivity contribution in [3.63, 3.8) is 0 Å². The van der Waals surface area contributed by atoms with Gasteiger partial charge in [0.1, 0.15) is 0 Å². The Labute approximate surface area is 100.0 Å². The Morgan fingerprint density at radius 1 is 1.29 bits per heavy atom. The first-order chi connectivity index (χ1) is 8.08. The molecule has 0 saturated heterocycles. The van der Waals surface area contributed by atoms with Crippen molar-refractivity contribution < 1.29 is 14.7 Å². The second-order valence-electron chi connectivity index (χ2n) is 3.77. The molecule has 4 heteroatoms. The zero-order chi connectivity index (χ0) is 12.7. The fourth-order valence-electron chi connectivity index (χ4n) is 1.46. The second-order valence-corrected chi connectivity index (χ2v) is 3.77. The third-order valence-corrected chi connectivity index (χ3v) is 2.15. The predicted octanol–water partition coefficient (Wildman–Crippen LogP) is 1.37. The third kappa shape index (κ3) is 5.51. The fourth-order valence-corrected chi connectivity index (χ4v) is 1.46. The van der Waals surface area contributed by atoms with E-state index >= 15 is 0 Å². The lowest BCUT2D eigenvalue weighted by Gasteiger charge is -2.12. The summed E-state index contributed by atoms with van der Waals surface area (Å²) in [4.78, 5) is 21.5. The number of hydrogen-bond acceptors (Lipinski definition) is 2. The summed E-state index contributed by atoms with van der Waals surface area (Å²) in [6.45, 7) is 1.87. The van der Waals surface area contributed by atoms with Crippen LogP contribution in [0.4, 0.5) is 0 Å². The van der Waals surface area contributed by atoms with Crippen molar-refractivity contribution >= 4 is 11.9 Å². The average molecular weight is 233 g/mol. The minimum atomic E-state index is -1.13. The molecule has 0 heterocycles. The zero-order valence-electron chi connectivity index (χ0n) is 9.59. The smallest absolute Gasteiger partial charge is 0.328 e. The SMILES string of the molecule is C[C@@H](Cc1ccccc1)NC(=O)C=CC(=O)O. The number of amides is 1. The van der Waals surface area contributed by atoms with Crippen LogP contribution in [0.25, 0.3) is 0 Å². The average Bonchev–Trinajstić information content (AvgIpc) is 2.27. The van der Waals surface area contributed by atoms with Crippen LogP contribution in [0.3, 0.4) is 0 Å². The lowest BCUT2D eigenvalue weighted by atomic mass is 10.1. The molecule has 0 aliphatic carbocycles. The van der Waals surface area contributed by atoms with Crippen molar-refractivity contribution in [3.8, 4) is 0 Å². The number of hydrogen-bond donors (Lipinski definition) is 2. The van der Waals surface area contributed by atoms with Crippen LogP contribution >= 0.6 is 0 Å². The van der Waals surface area contributed by atoms with Crippen molar-refractivity contribution in [2.24, 2.45) is 0 Å². The van der Waals surface area contributed by atoms with Gasteiger partial charge in [0.15, 0.2) is 0 Å². The summed E-state index contributed by atoms with van der Waals surface area (Å²) in [5, 5.41) is 11.1. The Balaban J connectivity index is 2.42. The van der Waals surface area contributed by atoms with Crippen LogP contribution in [-0.2, 0) is 16.0 Å². The van der Waals surface area contributed by atoms with Crippen LogP contribution in [-0.4, -0.2) is 23.0 Å². The van der Waals surface area contributed by atoms with E-state index in [4.69, 9.17) is 5.11 Å². The van der Waals surface area contributed by atoms with Crippen molar-refractivity contribution in [3.05, 3.63) is 48.0 Å². The molecule has 1 rings (SSSR count). The number of nitrogens with one attached hydrogen (secondary N) is 1. The standard InChI is InChI=1S/C13H15NO3/c1-10(9-11-5-3-2-4-6-11)14-12(15)7-8-13(16)17/h2-8,10H,9H2,1H3,(H,14,15)(H,16,17)/t10-/m0/s1. The summed E-state index contributed by atoms with van der Waals surface area (Å²) in [6.07, 6.45) is 2.56. The number of carbonyl (C=O) groups is 2. The number of carboxylic acids is 1. The molecule has 1 aromatic carbocycles. The molecule has 1 amide bonds. The predicted molar refractivity (Wildman–Crippen MR) is 64.5 cm³/mol. The summed E-state index contributed by atoms with van der Waals surface area (Å²) >= 11 is 0. The van der Waals surface area contributed by atoms with E-state index in [1.54, 1.807) is 0 Å². The van der Waals surface area contributed by atoms with E-state index in [9.17, 15) is 9.59 Å². The molecule has 0 aromatic heterocycles. The highest BCUT2D eigenvalue weighted by atomic mass is 16.4. The molecule has 2 N–H and O–H groups in total. The van der Waals surface area contributed by atoms with Gasteiger partial charge in [0.25, 0.3) is 0 Å². The van der Waals surface area contributed by atoms with Gasteiger partial charge in [-0.25, -0.2) is 4.79 Å². The van der Waals surface area contributed by atoms with Gasteiger partial charge in [-0.3, -0.25) is 4.79 Å². The molecule has 0 unspecified atom stereocenters. The van der Waals surface area contributed by atoms with E-state index in [2.05, 4.69) is 5.32 Å². The summed E-state index contributed by atoms with van der Waals surface area (Å²) in [7, 11) is 0. The van der Waals surface area contributed by atoms with Crippen LogP contribution < -0.4 is 5.32 Å². The van der Waals surface area contributed by atoms with Crippen LogP contribution in [0, 0.1) is 0 Å². The number of rotatable bonds is 5. The molecule has 0 bridgehead atoms. The number of carbonyl (C=O) groups excluding carboxylic acids is 1. The zero-order valence-corrected chi connectivity index (χ0v) is 9.59. The minimum Gasteiger partial charge on any atom is -0.478 e. The molecule has 17 heavy (non-hydrogen) atoms. The molecule has 0 aliphatic heterocycles. The normalized spacial score (nSPS) is 12.3. The molecule has 4 nitrogen and oxygen atoms in total. The summed E-state index contributed by atoms with van der Waals surface area (Å²) in [6, 6.07) is 9.74. The Bertz CT molecular complexity index is 412. The maximum absolute atomic E-state index is 11.3. The van der Waals surface area contributed by atoms with Gasteiger partial charge in [0, 0.05) is 18.2 Å². The molecule has 0 spiro atoms. The van der Waals surface area contributed by atoms with Crippen LogP contribution in [0.2, 0.25) is 0 Å². The quantitative estimate of drug-likeness (QED) is 0.755. The summed E-state index contributed by atoms with van der Waals surface area (Å²) < 4.78 is 0. The van der Waals surface area contributed by atoms with Crippen LogP contribution in [0.5, 0.6) is 0 Å². The van der Waals surface area contributed by atoms with Gasteiger partial charge in [-0.2, -0.15) is 0 Å². The van der Waals surface area contributed by atoms with Gasteiger partial charge < -0.3 is 10.4 Å². The third-order valence-electron chi connectivity index (χ3n) is 2.15. The van der Waals surface area contributed by atoms with Crippen LogP contribution in [0.15, 0.2) is 42.5 Å². The Morgan fingerprint density at radius 2 is 1.94 bits per heavy atom. The first-order valence-electron chi connectivity index (χ1n) is 5.33. The lowest BCUT2D eigenvalue weighted by molar-refractivity contribution is -0.131. The highest BCUT2D eigenvalue weighted by Crippen LogP contribution is 2.02. The molecule has 1 aromatic rings. The Morgan fingerprint density at radius 3 is 2.53 bits per heavy atom. The number of aliphatic carboxylic acids is 1. The summed E-state index contributed by atoms with van der Waals surface area (Å²) in [5.74, 6) is -1.52. The van der Waals surface area contributed by atoms with Crippen molar-refractivity contribution in [2.45, 2.75) is 19.4 Å². The van der Waals surface area contributed by atoms with Gasteiger partial charge in [0.05, 0.1) is 0 Å². The van der Waals surface area contributed by atoms with Gasteiger partial charge >= 0.3 is 5.97 Å². The lowest BCUT2D eigenvalue weighted by Crippen LogP contribution is -2.32. The van der Waals surface area contributed by atoms with E-state index in [1.807, 2.05) is 37.3 Å². The largest absolute Gasteiger partial charge is 0.478 e. The van der Waals surface area contributed by atoms with Crippen molar-refractivity contribution in [1.82, 2.24) is 5.32 Å². The topological polar surface area (TPSA) is 66.4 Å². The molecule has 90 valence electrons. The van der Waals surface area contributed by atoms with Gasteiger partial charge in [-0.15, -0.1) is 0 Å². The molecule has 0 fully saturated rings. The van der Waals surface area contributed by atoms with Crippen molar-refractivity contribution in [2.75, 3.05) is 0 Å². The maximum atomic E-state index is 11.3. The fraction of sp³-hybridized carbons (Fsp3) is 0.231. The van der Waals surface area contributed by atoms with Gasteiger partial charge in [-0.05, 0) is 18.9 Å². The van der Waals surface area contributed by atoms with Gasteiger partial charge in [-0.1, -0.05) is 30.3 Å². The Kier molecular flexibility index (Phi) is 4.94. The number of carboxylic acid groups (broad SMARTS) is 1. The molecule has 0 aliphatic rings. The van der Waals surface area contributed by atoms with E-state index in [0.717, 1.165) is 17.7 Å². The van der Waals surface area contributed by atoms with Crippen molar-refractivity contribution in [1.29, 1.82) is 0 Å². The second kappa shape index (κ2) is 6.48. The highest BCUT2D eigenvalue weighted by molar-refractivity contribution is 5.93. The minimum absolute atomic E-state index is 0.0386. The summed E-state index contributed by atoms with van der Waals surface area (Å²) in [5.41, 5.74) is 1.13. The van der Waals surface area contributed by atoms with E-state index < -0.39 is 11.9 Å². The molecule has 0 saturated carbocycles. The molecular weight excluding hydrogens is 218 g/mol. The van der Waals surface area contributed by atoms with Gasteiger partial charge in [0.2, 0.25) is 5.91 Å². The van der Waals surface area contributed by atoms with E-state index in [1.165, 1.54) is 0 Å².